The second kappa shape index (κ2) is 11.1. The highest BCUT2D eigenvalue weighted by molar-refractivity contribution is 5.89. The third-order valence-electron chi connectivity index (χ3n) is 6.27. The summed E-state index contributed by atoms with van der Waals surface area (Å²) in [6, 6.07) is 11.9. The number of carbonyl (C=O) groups is 3. The van der Waals surface area contributed by atoms with E-state index < -0.39 is 23.8 Å². The van der Waals surface area contributed by atoms with Gasteiger partial charge in [0, 0.05) is 29.5 Å². The van der Waals surface area contributed by atoms with Crippen molar-refractivity contribution in [3.8, 4) is 5.75 Å². The van der Waals surface area contributed by atoms with E-state index >= 15 is 0 Å². The van der Waals surface area contributed by atoms with Gasteiger partial charge in [0.05, 0.1) is 6.42 Å². The van der Waals surface area contributed by atoms with E-state index in [-0.39, 0.29) is 31.6 Å². The van der Waals surface area contributed by atoms with Crippen molar-refractivity contribution in [1.82, 2.24) is 10.6 Å². The zero-order valence-corrected chi connectivity index (χ0v) is 20.0. The Morgan fingerprint density at radius 3 is 2.58 bits per heavy atom. The van der Waals surface area contributed by atoms with Crippen molar-refractivity contribution in [2.24, 2.45) is 0 Å². The molecule has 2 amide bonds. The number of aliphatic carboxylic acids is 1. The maximum absolute atomic E-state index is 12.7. The minimum atomic E-state index is -1.03. The van der Waals surface area contributed by atoms with Crippen molar-refractivity contribution in [2.75, 3.05) is 13.2 Å². The maximum atomic E-state index is 12.7. The Balaban J connectivity index is 1.44. The molecule has 9 heteroatoms. The van der Waals surface area contributed by atoms with Crippen molar-refractivity contribution >= 4 is 28.8 Å². The molecule has 0 aliphatic heterocycles. The first-order valence-corrected chi connectivity index (χ1v) is 11.9. The van der Waals surface area contributed by atoms with Crippen molar-refractivity contribution in [3.05, 3.63) is 75.1 Å². The van der Waals surface area contributed by atoms with Gasteiger partial charge in [0.1, 0.15) is 17.4 Å². The predicted molar refractivity (Wildman–Crippen MR) is 132 cm³/mol. The molecule has 0 unspecified atom stereocenters. The van der Waals surface area contributed by atoms with Gasteiger partial charge in [-0.05, 0) is 49.4 Å². The molecule has 0 bridgehead atoms. The van der Waals surface area contributed by atoms with E-state index in [9.17, 15) is 19.2 Å². The van der Waals surface area contributed by atoms with Crippen molar-refractivity contribution < 1.29 is 28.6 Å². The predicted octanol–water partition coefficient (Wildman–Crippen LogP) is 2.29. The highest BCUT2D eigenvalue weighted by Crippen LogP contribution is 2.32. The zero-order chi connectivity index (χ0) is 25.7. The van der Waals surface area contributed by atoms with Crippen LogP contribution in [0.5, 0.6) is 5.75 Å². The zero-order valence-electron chi connectivity index (χ0n) is 20.0. The molecule has 0 spiro atoms. The number of amides is 2. The van der Waals surface area contributed by atoms with Crippen LogP contribution in [-0.4, -0.2) is 42.1 Å². The van der Waals surface area contributed by atoms with E-state index in [4.69, 9.17) is 14.3 Å². The Labute approximate surface area is 207 Å². The number of hydrogen-bond donors (Lipinski definition) is 3. The second-order valence-electron chi connectivity index (χ2n) is 8.80. The van der Waals surface area contributed by atoms with E-state index in [0.29, 0.717) is 16.9 Å². The molecule has 188 valence electrons. The summed E-state index contributed by atoms with van der Waals surface area (Å²) in [5.74, 6) is -1.62. The van der Waals surface area contributed by atoms with Gasteiger partial charge < -0.3 is 24.9 Å². The molecule has 9 nitrogen and oxygen atoms in total. The van der Waals surface area contributed by atoms with Crippen LogP contribution in [0.4, 0.5) is 0 Å². The average Bonchev–Trinajstić information content (AvgIpc) is 3.35. The van der Waals surface area contributed by atoms with Crippen molar-refractivity contribution in [2.45, 2.75) is 45.1 Å². The van der Waals surface area contributed by atoms with Gasteiger partial charge in [-0.15, -0.1) is 0 Å². The lowest BCUT2D eigenvalue weighted by molar-refractivity contribution is -0.137. The lowest BCUT2D eigenvalue weighted by Crippen LogP contribution is -2.49. The largest absolute Gasteiger partial charge is 0.483 e. The number of hydrogen-bond acceptors (Lipinski definition) is 6. The Morgan fingerprint density at radius 1 is 1.08 bits per heavy atom. The van der Waals surface area contributed by atoms with Crippen LogP contribution < -0.4 is 21.0 Å². The fraction of sp³-hybridized carbons (Fsp3) is 0.333. The Morgan fingerprint density at radius 2 is 1.83 bits per heavy atom. The normalized spacial score (nSPS) is 13.1. The van der Waals surface area contributed by atoms with Crippen molar-refractivity contribution in [3.63, 3.8) is 0 Å². The first-order valence-electron chi connectivity index (χ1n) is 11.9. The number of carbonyl (C=O) groups excluding carboxylic acids is 2. The monoisotopic (exact) mass is 492 g/mol. The molecule has 3 N–H and O–H groups in total. The number of carboxylic acid groups (broad SMARTS) is 1. The van der Waals surface area contributed by atoms with Gasteiger partial charge >= 0.3 is 11.6 Å². The van der Waals surface area contributed by atoms with E-state index in [1.54, 1.807) is 13.0 Å². The van der Waals surface area contributed by atoms with Crippen LogP contribution >= 0.6 is 0 Å². The summed E-state index contributed by atoms with van der Waals surface area (Å²) in [5.41, 5.74) is 3.35. The molecule has 1 aromatic heterocycles. The molecule has 1 aliphatic rings. The van der Waals surface area contributed by atoms with Crippen LogP contribution in [0.2, 0.25) is 0 Å². The first kappa shape index (κ1) is 25.0. The highest BCUT2D eigenvalue weighted by Gasteiger charge is 2.23. The summed E-state index contributed by atoms with van der Waals surface area (Å²) in [6.07, 6.45) is 2.48. The quantitative estimate of drug-likeness (QED) is 0.370. The molecular formula is C27H28N2O7. The fourth-order valence-corrected chi connectivity index (χ4v) is 4.47. The number of fused-ring (bicyclic) bond motifs is 3. The molecule has 1 aliphatic carbocycles. The van der Waals surface area contributed by atoms with E-state index in [1.165, 1.54) is 0 Å². The molecule has 36 heavy (non-hydrogen) atoms. The number of carboxylic acids is 1. The lowest BCUT2D eigenvalue weighted by atomic mass is 10.0. The van der Waals surface area contributed by atoms with Crippen LogP contribution in [0, 0.1) is 6.92 Å². The van der Waals surface area contributed by atoms with Gasteiger partial charge in [0.2, 0.25) is 5.91 Å². The molecule has 2 aromatic carbocycles. The summed E-state index contributed by atoms with van der Waals surface area (Å²) in [6.45, 7) is 1.38. The number of benzene rings is 2. The maximum Gasteiger partial charge on any atom is 0.339 e. The Kier molecular flexibility index (Phi) is 7.68. The molecular weight excluding hydrogens is 464 g/mol. The third kappa shape index (κ3) is 5.73. The standard InChI is InChI=1S/C27H28N2O7/c1-16-22(11-10-19-18-8-5-9-20(18)27(34)36-25(16)19)35-15-23(30)29-21(14-17-6-3-2-4-7-17)26(33)28-13-12-24(31)32/h2-4,6-7,10-11,21H,5,8-9,12-15H2,1H3,(H,28,33)(H,29,30)(H,31,32)/t21-/m0/s1. The molecule has 1 atom stereocenters. The lowest BCUT2D eigenvalue weighted by Gasteiger charge is -2.19. The van der Waals surface area contributed by atoms with Crippen molar-refractivity contribution in [1.29, 1.82) is 0 Å². The number of rotatable bonds is 10. The average molecular weight is 493 g/mol. The highest BCUT2D eigenvalue weighted by atomic mass is 16.5. The van der Waals surface area contributed by atoms with Crippen LogP contribution in [0.1, 0.15) is 35.1 Å². The minimum absolute atomic E-state index is 0.0446. The summed E-state index contributed by atoms with van der Waals surface area (Å²) in [5, 5.41) is 14.9. The molecule has 0 radical (unpaired) electrons. The number of aryl methyl sites for hydroxylation is 2. The number of ether oxygens (including phenoxy) is 1. The van der Waals surface area contributed by atoms with E-state index in [2.05, 4.69) is 10.6 Å². The van der Waals surface area contributed by atoms with Crippen LogP contribution in [0.3, 0.4) is 0 Å². The fourth-order valence-electron chi connectivity index (χ4n) is 4.47. The van der Waals surface area contributed by atoms with Crippen LogP contribution in [0.15, 0.2) is 51.7 Å². The molecule has 0 saturated heterocycles. The van der Waals surface area contributed by atoms with Gasteiger partial charge in [0.25, 0.3) is 5.91 Å². The van der Waals surface area contributed by atoms with E-state index in [1.807, 2.05) is 36.4 Å². The minimum Gasteiger partial charge on any atom is -0.483 e. The smallest absolute Gasteiger partial charge is 0.339 e. The summed E-state index contributed by atoms with van der Waals surface area (Å²) in [4.78, 5) is 48.5. The van der Waals surface area contributed by atoms with Gasteiger partial charge in [0.15, 0.2) is 6.61 Å². The SMILES string of the molecule is Cc1c(OCC(=O)N[C@@H](Cc2ccccc2)C(=O)NCCC(=O)O)ccc2c3c(c(=O)oc12)CCC3. The Bertz CT molecular complexity index is 1350. The third-order valence-corrected chi connectivity index (χ3v) is 6.27. The first-order chi connectivity index (χ1) is 17.3. The molecule has 4 rings (SSSR count). The summed E-state index contributed by atoms with van der Waals surface area (Å²) >= 11 is 0. The van der Waals surface area contributed by atoms with Gasteiger partial charge in [-0.1, -0.05) is 30.3 Å². The van der Waals surface area contributed by atoms with E-state index in [0.717, 1.165) is 41.3 Å². The van der Waals surface area contributed by atoms with Gasteiger partial charge in [-0.3, -0.25) is 14.4 Å². The van der Waals surface area contributed by atoms with Crippen LogP contribution in [0.25, 0.3) is 11.0 Å². The molecule has 3 aromatic rings. The summed E-state index contributed by atoms with van der Waals surface area (Å²) in [7, 11) is 0. The van der Waals surface area contributed by atoms with Gasteiger partial charge in [-0.2, -0.15) is 0 Å². The van der Waals surface area contributed by atoms with Gasteiger partial charge in [-0.25, -0.2) is 4.79 Å². The molecule has 0 saturated carbocycles. The summed E-state index contributed by atoms with van der Waals surface area (Å²) < 4.78 is 11.3. The molecule has 1 heterocycles. The topological polar surface area (TPSA) is 135 Å². The number of nitrogens with one attached hydrogen (secondary N) is 2. The Hall–Kier alpha value is -4.14. The molecule has 0 fully saturated rings. The van der Waals surface area contributed by atoms with Crippen LogP contribution in [-0.2, 0) is 33.6 Å². The second-order valence-corrected chi connectivity index (χ2v) is 8.80.